The molecule has 118 valence electrons. The van der Waals surface area contributed by atoms with Crippen molar-refractivity contribution in [2.45, 2.75) is 13.8 Å². The third kappa shape index (κ3) is 2.15. The first-order valence-electron chi connectivity index (χ1n) is 7.92. The summed E-state index contributed by atoms with van der Waals surface area (Å²) in [5, 5.41) is 0. The molecule has 0 bridgehead atoms. The summed E-state index contributed by atoms with van der Waals surface area (Å²) in [7, 11) is 0. The number of anilines is 2. The van der Waals surface area contributed by atoms with Crippen LogP contribution in [0.2, 0.25) is 0 Å². The van der Waals surface area contributed by atoms with Crippen LogP contribution in [-0.4, -0.2) is 4.98 Å². The fourth-order valence-electron chi connectivity index (χ4n) is 3.05. The van der Waals surface area contributed by atoms with Gasteiger partial charge >= 0.3 is 0 Å². The Balaban J connectivity index is 2.25. The van der Waals surface area contributed by atoms with Crippen LogP contribution in [0.5, 0.6) is 0 Å². The summed E-state index contributed by atoms with van der Waals surface area (Å²) in [6, 6.07) is 18.2. The molecule has 24 heavy (non-hydrogen) atoms. The Kier molecular flexibility index (Phi) is 3.13. The Morgan fingerprint density at radius 3 is 1.75 bits per heavy atom. The lowest BCUT2D eigenvalue weighted by atomic mass is 10.1. The minimum atomic E-state index is 0.758. The number of hydrogen-bond donors (Lipinski definition) is 2. The highest BCUT2D eigenvalue weighted by Crippen LogP contribution is 2.24. The van der Waals surface area contributed by atoms with E-state index in [4.69, 9.17) is 16.5 Å². The van der Waals surface area contributed by atoms with Crippen molar-refractivity contribution in [3.05, 3.63) is 65.7 Å². The Hall–Kier alpha value is -3.14. The topological polar surface area (TPSA) is 68.8 Å². The molecule has 4 rings (SSSR count). The van der Waals surface area contributed by atoms with Gasteiger partial charge in [0.05, 0.1) is 0 Å². The molecule has 0 aliphatic rings. The zero-order chi connectivity index (χ0) is 16.8. The summed E-state index contributed by atoms with van der Waals surface area (Å²) >= 11 is 0. The molecule has 4 nitrogen and oxygen atoms in total. The predicted molar refractivity (Wildman–Crippen MR) is 99.1 cm³/mol. The number of nitrogens with zero attached hydrogens (tertiary/aromatic N) is 2. The average molecular weight is 315 g/mol. The lowest BCUT2D eigenvalue weighted by Crippen LogP contribution is -2.33. The number of fused-ring (bicyclic) bond motifs is 2. The Bertz CT molecular complexity index is 1020. The van der Waals surface area contributed by atoms with Crippen molar-refractivity contribution in [2.24, 2.45) is 0 Å². The fraction of sp³-hybridized carbons (Fsp3) is 0.100. The molecule has 0 amide bonds. The molecular formula is C20H19N4+. The first-order valence-corrected chi connectivity index (χ1v) is 7.92. The van der Waals surface area contributed by atoms with Crippen molar-refractivity contribution in [1.29, 1.82) is 0 Å². The molecule has 1 aromatic heterocycles. The van der Waals surface area contributed by atoms with Crippen LogP contribution in [0, 0.1) is 13.8 Å². The number of aryl methyl sites for hydroxylation is 2. The number of rotatable bonds is 1. The molecule has 0 aliphatic heterocycles. The molecule has 3 aromatic carbocycles. The van der Waals surface area contributed by atoms with E-state index in [1.54, 1.807) is 0 Å². The first kappa shape index (κ1) is 14.5. The van der Waals surface area contributed by atoms with Gasteiger partial charge in [0.15, 0.2) is 0 Å². The van der Waals surface area contributed by atoms with Crippen LogP contribution in [-0.2, 0) is 0 Å². The second kappa shape index (κ2) is 5.20. The van der Waals surface area contributed by atoms with Gasteiger partial charge in [-0.05, 0) is 37.1 Å². The average Bonchev–Trinajstić information content (AvgIpc) is 2.57. The van der Waals surface area contributed by atoms with Crippen LogP contribution in [0.15, 0.2) is 54.6 Å². The summed E-state index contributed by atoms with van der Waals surface area (Å²) in [5.74, 6) is 0. The summed E-state index contributed by atoms with van der Waals surface area (Å²) in [6.07, 6.45) is 0. The van der Waals surface area contributed by atoms with Gasteiger partial charge in [-0.15, -0.1) is 4.57 Å². The molecule has 0 radical (unpaired) electrons. The van der Waals surface area contributed by atoms with Gasteiger partial charge in [-0.1, -0.05) is 18.2 Å². The van der Waals surface area contributed by atoms with E-state index in [1.165, 1.54) is 0 Å². The van der Waals surface area contributed by atoms with Crippen molar-refractivity contribution >= 4 is 33.4 Å². The van der Waals surface area contributed by atoms with E-state index >= 15 is 0 Å². The summed E-state index contributed by atoms with van der Waals surface area (Å²) in [5.41, 5.74) is 20.7. The Labute approximate surface area is 140 Å². The third-order valence-electron chi connectivity index (χ3n) is 4.46. The molecule has 0 atom stereocenters. The maximum atomic E-state index is 6.17. The van der Waals surface area contributed by atoms with Gasteiger partial charge < -0.3 is 11.5 Å². The maximum absolute atomic E-state index is 6.17. The smallest absolute Gasteiger partial charge is 0.239 e. The molecule has 0 spiro atoms. The number of aromatic nitrogens is 2. The molecule has 4 N–H and O–H groups in total. The summed E-state index contributed by atoms with van der Waals surface area (Å²) in [6.45, 7) is 4.00. The number of nitrogen functional groups attached to an aromatic ring is 2. The van der Waals surface area contributed by atoms with Crippen LogP contribution in [0.4, 0.5) is 11.4 Å². The van der Waals surface area contributed by atoms with Crippen molar-refractivity contribution in [1.82, 2.24) is 4.98 Å². The molecule has 0 fully saturated rings. The van der Waals surface area contributed by atoms with E-state index in [-0.39, 0.29) is 0 Å². The minimum Gasteiger partial charge on any atom is -0.398 e. The standard InChI is InChI=1S/C20H18N4/c1-12-8-17-19(10-15(12)21)24(14-6-4-3-5-7-14)20-11-16(22)13(2)9-18(20)23-17/h3-11H,1-2H3,(H3,21,22)/p+1. The van der Waals surface area contributed by atoms with Gasteiger partial charge in [-0.2, -0.15) is 0 Å². The molecule has 0 saturated carbocycles. The van der Waals surface area contributed by atoms with Gasteiger partial charge in [0.25, 0.3) is 0 Å². The third-order valence-corrected chi connectivity index (χ3v) is 4.46. The zero-order valence-electron chi connectivity index (χ0n) is 13.7. The second-order valence-electron chi connectivity index (χ2n) is 6.18. The highest BCUT2D eigenvalue weighted by atomic mass is 15.0. The fourth-order valence-corrected chi connectivity index (χ4v) is 3.05. The quantitative estimate of drug-likeness (QED) is 0.321. The molecule has 4 heteroatoms. The molecule has 4 aromatic rings. The van der Waals surface area contributed by atoms with Gasteiger partial charge in [0.2, 0.25) is 16.7 Å². The van der Waals surface area contributed by atoms with E-state index in [0.29, 0.717) is 0 Å². The van der Waals surface area contributed by atoms with Crippen LogP contribution >= 0.6 is 0 Å². The van der Waals surface area contributed by atoms with E-state index in [1.807, 2.05) is 56.3 Å². The van der Waals surface area contributed by atoms with Gasteiger partial charge in [0, 0.05) is 35.6 Å². The molecule has 0 aliphatic carbocycles. The van der Waals surface area contributed by atoms with Gasteiger partial charge in [-0.3, -0.25) is 0 Å². The largest absolute Gasteiger partial charge is 0.398 e. The summed E-state index contributed by atoms with van der Waals surface area (Å²) < 4.78 is 2.17. The van der Waals surface area contributed by atoms with Crippen molar-refractivity contribution in [3.8, 4) is 5.69 Å². The van der Waals surface area contributed by atoms with Crippen LogP contribution in [0.25, 0.3) is 27.8 Å². The Morgan fingerprint density at radius 2 is 1.25 bits per heavy atom. The predicted octanol–water partition coefficient (Wildman–Crippen LogP) is 3.45. The molecule has 1 heterocycles. The van der Waals surface area contributed by atoms with Crippen LogP contribution in [0.3, 0.4) is 0 Å². The Morgan fingerprint density at radius 1 is 0.750 bits per heavy atom. The molecule has 0 saturated heterocycles. The second-order valence-corrected chi connectivity index (χ2v) is 6.18. The van der Waals surface area contributed by atoms with E-state index in [0.717, 1.165) is 50.3 Å². The van der Waals surface area contributed by atoms with E-state index < -0.39 is 0 Å². The van der Waals surface area contributed by atoms with Gasteiger partial charge in [0.1, 0.15) is 11.0 Å². The summed E-state index contributed by atoms with van der Waals surface area (Å²) in [4.78, 5) is 4.84. The SMILES string of the molecule is Cc1cc2nc3cc(C)c(N)cc3[n+](-c3ccccc3)c2cc1N. The van der Waals surface area contributed by atoms with Gasteiger partial charge in [-0.25, -0.2) is 4.98 Å². The normalized spacial score (nSPS) is 11.2. The van der Waals surface area contributed by atoms with E-state index in [2.05, 4.69) is 16.7 Å². The maximum Gasteiger partial charge on any atom is 0.239 e. The first-order chi connectivity index (χ1) is 11.5. The van der Waals surface area contributed by atoms with Crippen molar-refractivity contribution in [3.63, 3.8) is 0 Å². The van der Waals surface area contributed by atoms with Crippen molar-refractivity contribution in [2.75, 3.05) is 11.5 Å². The molecule has 0 unspecified atom stereocenters. The highest BCUT2D eigenvalue weighted by Gasteiger charge is 2.21. The lowest BCUT2D eigenvalue weighted by molar-refractivity contribution is -0.538. The zero-order valence-corrected chi connectivity index (χ0v) is 13.7. The number of benzene rings is 3. The monoisotopic (exact) mass is 315 g/mol. The number of para-hydroxylation sites is 1. The number of hydrogen-bond acceptors (Lipinski definition) is 3. The highest BCUT2D eigenvalue weighted by molar-refractivity contribution is 5.87. The van der Waals surface area contributed by atoms with Crippen LogP contribution < -0.4 is 16.0 Å². The van der Waals surface area contributed by atoms with Crippen LogP contribution in [0.1, 0.15) is 11.1 Å². The van der Waals surface area contributed by atoms with E-state index in [9.17, 15) is 0 Å². The minimum absolute atomic E-state index is 0.758. The van der Waals surface area contributed by atoms with Crippen molar-refractivity contribution < 1.29 is 4.57 Å². The lowest BCUT2D eigenvalue weighted by Gasteiger charge is -2.09. The molecular weight excluding hydrogens is 296 g/mol. The number of nitrogens with two attached hydrogens (primary N) is 2.